The van der Waals surface area contributed by atoms with Gasteiger partial charge in [0.05, 0.1) is 5.69 Å². The molecule has 102 valence electrons. The molecule has 0 radical (unpaired) electrons. The van der Waals surface area contributed by atoms with Gasteiger partial charge >= 0.3 is 6.03 Å². The Morgan fingerprint density at radius 2 is 2.21 bits per heavy atom. The lowest BCUT2D eigenvalue weighted by Gasteiger charge is -2.08. The van der Waals surface area contributed by atoms with Crippen molar-refractivity contribution in [1.82, 2.24) is 20.0 Å². The van der Waals surface area contributed by atoms with Crippen molar-refractivity contribution in [1.29, 1.82) is 0 Å². The number of hydrogen-bond acceptors (Lipinski definition) is 2. The van der Waals surface area contributed by atoms with Crippen LogP contribution in [0.25, 0.3) is 5.65 Å². The molecular weight excluding hydrogens is 240 g/mol. The van der Waals surface area contributed by atoms with Gasteiger partial charge in [-0.1, -0.05) is 19.9 Å². The van der Waals surface area contributed by atoms with Gasteiger partial charge in [-0.3, -0.25) is 0 Å². The first-order chi connectivity index (χ1) is 9.15. The van der Waals surface area contributed by atoms with Gasteiger partial charge < -0.3 is 15.0 Å². The summed E-state index contributed by atoms with van der Waals surface area (Å²) in [5.41, 5.74) is 1.91. The van der Waals surface area contributed by atoms with Crippen LogP contribution in [0.15, 0.2) is 30.6 Å². The lowest BCUT2D eigenvalue weighted by atomic mass is 10.2. The molecule has 2 heterocycles. The maximum atomic E-state index is 11.5. The number of rotatable bonds is 5. The van der Waals surface area contributed by atoms with Gasteiger partial charge in [-0.15, -0.1) is 0 Å². The van der Waals surface area contributed by atoms with E-state index in [1.807, 2.05) is 35.0 Å². The number of aromatic nitrogens is 2. The molecule has 0 aliphatic carbocycles. The molecule has 2 aromatic heterocycles. The third kappa shape index (κ3) is 3.98. The highest BCUT2D eigenvalue weighted by Gasteiger charge is 2.03. The van der Waals surface area contributed by atoms with E-state index in [2.05, 4.69) is 29.5 Å². The molecule has 5 nitrogen and oxygen atoms in total. The van der Waals surface area contributed by atoms with Crippen molar-refractivity contribution in [2.24, 2.45) is 5.92 Å². The van der Waals surface area contributed by atoms with Crippen molar-refractivity contribution >= 4 is 11.7 Å². The summed E-state index contributed by atoms with van der Waals surface area (Å²) in [6.07, 6.45) is 4.69. The topological polar surface area (TPSA) is 58.4 Å². The summed E-state index contributed by atoms with van der Waals surface area (Å²) >= 11 is 0. The largest absolute Gasteiger partial charge is 0.338 e. The van der Waals surface area contributed by atoms with Crippen LogP contribution in [0.1, 0.15) is 19.5 Å². The van der Waals surface area contributed by atoms with Crippen LogP contribution in [-0.2, 0) is 6.42 Å². The average molecular weight is 260 g/mol. The SMILES string of the molecule is CC(C)CNC(=O)NCCc1cn2ccccc2n1. The van der Waals surface area contributed by atoms with Gasteiger partial charge in [0.2, 0.25) is 0 Å². The van der Waals surface area contributed by atoms with Gasteiger partial charge in [-0.2, -0.15) is 0 Å². The molecule has 0 atom stereocenters. The Balaban J connectivity index is 1.77. The summed E-state index contributed by atoms with van der Waals surface area (Å²) in [5.74, 6) is 0.462. The molecule has 0 aliphatic heterocycles. The van der Waals surface area contributed by atoms with Gasteiger partial charge in [0.25, 0.3) is 0 Å². The minimum Gasteiger partial charge on any atom is -0.338 e. The third-order valence-corrected chi connectivity index (χ3v) is 2.75. The van der Waals surface area contributed by atoms with Crippen molar-refractivity contribution in [3.8, 4) is 0 Å². The summed E-state index contributed by atoms with van der Waals surface area (Å²) in [6.45, 7) is 5.42. The first-order valence-corrected chi connectivity index (χ1v) is 6.59. The van der Waals surface area contributed by atoms with E-state index in [0.717, 1.165) is 17.8 Å². The van der Waals surface area contributed by atoms with E-state index in [1.165, 1.54) is 0 Å². The number of hydrogen-bond donors (Lipinski definition) is 2. The van der Waals surface area contributed by atoms with Crippen molar-refractivity contribution in [2.45, 2.75) is 20.3 Å². The molecule has 2 amide bonds. The van der Waals surface area contributed by atoms with Crippen LogP contribution in [0, 0.1) is 5.92 Å². The van der Waals surface area contributed by atoms with E-state index in [0.29, 0.717) is 19.0 Å². The molecule has 19 heavy (non-hydrogen) atoms. The van der Waals surface area contributed by atoms with Crippen LogP contribution < -0.4 is 10.6 Å². The Hall–Kier alpha value is -2.04. The smallest absolute Gasteiger partial charge is 0.314 e. The normalized spacial score (nSPS) is 10.9. The molecule has 2 rings (SSSR count). The Kier molecular flexibility index (Phi) is 4.39. The Morgan fingerprint density at radius 1 is 1.37 bits per heavy atom. The number of imidazole rings is 1. The molecule has 0 spiro atoms. The summed E-state index contributed by atoms with van der Waals surface area (Å²) < 4.78 is 1.98. The highest BCUT2D eigenvalue weighted by molar-refractivity contribution is 5.73. The van der Waals surface area contributed by atoms with Gasteiger partial charge in [0.1, 0.15) is 5.65 Å². The fraction of sp³-hybridized carbons (Fsp3) is 0.429. The van der Waals surface area contributed by atoms with Gasteiger partial charge in [-0.25, -0.2) is 9.78 Å². The number of nitrogens with one attached hydrogen (secondary N) is 2. The van der Waals surface area contributed by atoms with Crippen LogP contribution in [0.2, 0.25) is 0 Å². The summed E-state index contributed by atoms with van der Waals surface area (Å²) in [6, 6.07) is 5.78. The Bertz CT molecular complexity index is 514. The second-order valence-corrected chi connectivity index (χ2v) is 4.98. The van der Waals surface area contributed by atoms with Crippen LogP contribution in [0.3, 0.4) is 0 Å². The molecule has 0 fully saturated rings. The maximum absolute atomic E-state index is 11.5. The minimum atomic E-state index is -0.113. The van der Waals surface area contributed by atoms with Crippen molar-refractivity contribution in [3.63, 3.8) is 0 Å². The predicted octanol–water partition coefficient (Wildman–Crippen LogP) is 1.83. The van der Waals surface area contributed by atoms with E-state index >= 15 is 0 Å². The van der Waals surface area contributed by atoms with E-state index in [9.17, 15) is 4.79 Å². The Morgan fingerprint density at radius 3 is 2.95 bits per heavy atom. The Labute approximate surface area is 113 Å². The van der Waals surface area contributed by atoms with Crippen LogP contribution in [0.4, 0.5) is 4.79 Å². The molecule has 0 saturated heterocycles. The average Bonchev–Trinajstić information content (AvgIpc) is 2.79. The van der Waals surface area contributed by atoms with E-state index in [-0.39, 0.29) is 6.03 Å². The molecule has 2 N–H and O–H groups in total. The van der Waals surface area contributed by atoms with E-state index < -0.39 is 0 Å². The zero-order valence-electron chi connectivity index (χ0n) is 11.4. The van der Waals surface area contributed by atoms with Crippen LogP contribution >= 0.6 is 0 Å². The van der Waals surface area contributed by atoms with Crippen molar-refractivity contribution < 1.29 is 4.79 Å². The molecule has 0 unspecified atom stereocenters. The highest BCUT2D eigenvalue weighted by Crippen LogP contribution is 2.04. The molecule has 5 heteroatoms. The number of fused-ring (bicyclic) bond motifs is 1. The van der Waals surface area contributed by atoms with Crippen LogP contribution in [0.5, 0.6) is 0 Å². The monoisotopic (exact) mass is 260 g/mol. The molecule has 2 aromatic rings. The summed E-state index contributed by atoms with van der Waals surface area (Å²) in [7, 11) is 0. The number of pyridine rings is 1. The maximum Gasteiger partial charge on any atom is 0.314 e. The van der Waals surface area contributed by atoms with Crippen molar-refractivity contribution in [2.75, 3.05) is 13.1 Å². The molecule has 0 aromatic carbocycles. The quantitative estimate of drug-likeness (QED) is 0.861. The van der Waals surface area contributed by atoms with Crippen LogP contribution in [-0.4, -0.2) is 28.5 Å². The van der Waals surface area contributed by atoms with Gasteiger partial charge in [-0.05, 0) is 18.1 Å². The first kappa shape index (κ1) is 13.4. The number of amides is 2. The van der Waals surface area contributed by atoms with Gasteiger partial charge in [0, 0.05) is 31.9 Å². The fourth-order valence-corrected chi connectivity index (χ4v) is 1.77. The van der Waals surface area contributed by atoms with E-state index in [4.69, 9.17) is 0 Å². The molecule has 0 aliphatic rings. The molecule has 0 bridgehead atoms. The second kappa shape index (κ2) is 6.22. The summed E-state index contributed by atoms with van der Waals surface area (Å²) in [5, 5.41) is 5.65. The molecule has 0 saturated carbocycles. The number of carbonyl (C=O) groups excluding carboxylic acids is 1. The number of carbonyl (C=O) groups is 1. The lowest BCUT2D eigenvalue weighted by molar-refractivity contribution is 0.239. The standard InChI is InChI=1S/C14H20N4O/c1-11(2)9-16-14(19)15-7-6-12-10-18-8-4-3-5-13(18)17-12/h3-5,8,10-11H,6-7,9H2,1-2H3,(H2,15,16,19). The highest BCUT2D eigenvalue weighted by atomic mass is 16.2. The fourth-order valence-electron chi connectivity index (χ4n) is 1.77. The minimum absolute atomic E-state index is 0.113. The zero-order chi connectivity index (χ0) is 13.7. The predicted molar refractivity (Wildman–Crippen MR) is 75.1 cm³/mol. The van der Waals surface area contributed by atoms with E-state index in [1.54, 1.807) is 0 Å². The van der Waals surface area contributed by atoms with Crippen molar-refractivity contribution in [3.05, 3.63) is 36.3 Å². The lowest BCUT2D eigenvalue weighted by Crippen LogP contribution is -2.38. The second-order valence-electron chi connectivity index (χ2n) is 4.98. The van der Waals surface area contributed by atoms with Gasteiger partial charge in [0.15, 0.2) is 0 Å². The summed E-state index contributed by atoms with van der Waals surface area (Å²) in [4.78, 5) is 15.9. The first-order valence-electron chi connectivity index (χ1n) is 6.59. The zero-order valence-corrected chi connectivity index (χ0v) is 11.4. The number of nitrogens with zero attached hydrogens (tertiary/aromatic N) is 2. The molecular formula is C14H20N4O. The third-order valence-electron chi connectivity index (χ3n) is 2.75. The number of urea groups is 1.